The molecule has 150 heavy (non-hydrogen) atoms. The fourth-order valence-electron chi connectivity index (χ4n) is 25.9. The number of nitrogens with zero attached hydrogens (tertiary/aromatic N) is 7. The smallest absolute Gasteiger partial charge is 0.164 e. The van der Waals surface area contributed by atoms with Crippen molar-refractivity contribution in [2.45, 2.75) is 16.2 Å². The molecule has 0 atom stereocenters. The first kappa shape index (κ1) is 84.7. The van der Waals surface area contributed by atoms with Gasteiger partial charge in [0.1, 0.15) is 33.5 Å². The molecule has 10 heteroatoms. The van der Waals surface area contributed by atoms with Crippen LogP contribution in [0.4, 0.5) is 0 Å². The highest BCUT2D eigenvalue weighted by Crippen LogP contribution is 2.69. The van der Waals surface area contributed by atoms with E-state index in [0.717, 1.165) is 150 Å². The second-order valence-electron chi connectivity index (χ2n) is 39.6. The SMILES string of the molecule is c1ccc(-c2cc(-c3ccc4oc5c6c(ccc5c4c3)C3(c4ccccc4-c4ccccc43)c3ccccc3-6)nc(-c3ccccc3)n2)cc1.c1ccc(-c2cc(-c3ccccc3)nc(-c3cccc4oc5c6c(ccc5c34)C3(c4ccccc4-c4ccccc43)c3ccccc3-6)n2)cc1.c1ccc(-c2nc(-c3ccccc3)nc(-c3cccc4oc5c6c(ccc5c34)C3(c4ccccc4-c4ccccc43)c3ccccc3-6)n2)cc1. The summed E-state index contributed by atoms with van der Waals surface area (Å²) in [6.07, 6.45) is 0. The van der Waals surface area contributed by atoms with Gasteiger partial charge in [-0.1, -0.05) is 461 Å². The summed E-state index contributed by atoms with van der Waals surface area (Å²) in [4.78, 5) is 35.6. The van der Waals surface area contributed by atoms with Crippen LogP contribution in [0.3, 0.4) is 0 Å². The molecule has 0 fully saturated rings. The van der Waals surface area contributed by atoms with E-state index in [4.69, 9.17) is 48.1 Å². The molecule has 6 aromatic heterocycles. The van der Waals surface area contributed by atoms with Crippen LogP contribution in [0, 0.1) is 0 Å². The molecule has 0 unspecified atom stereocenters. The lowest BCUT2D eigenvalue weighted by Gasteiger charge is -2.30. The van der Waals surface area contributed by atoms with Gasteiger partial charge < -0.3 is 13.3 Å². The molecular weight excluding hydrogens is 1830 g/mol. The summed E-state index contributed by atoms with van der Waals surface area (Å²) < 4.78 is 20.8. The van der Waals surface area contributed by atoms with Crippen LogP contribution in [0.1, 0.15) is 66.8 Å². The summed E-state index contributed by atoms with van der Waals surface area (Å²) in [7, 11) is 0. The number of aromatic nitrogens is 7. The van der Waals surface area contributed by atoms with Gasteiger partial charge in [-0.3, -0.25) is 0 Å². The third-order valence-electron chi connectivity index (χ3n) is 32.0. The van der Waals surface area contributed by atoms with Crippen LogP contribution in [0.25, 0.3) is 235 Å². The van der Waals surface area contributed by atoms with Gasteiger partial charge in [0, 0.05) is 99.1 Å². The second-order valence-corrected chi connectivity index (χ2v) is 39.6. The molecule has 696 valence electrons. The molecule has 33 rings (SSSR count). The van der Waals surface area contributed by atoms with Crippen LogP contribution in [-0.4, -0.2) is 34.9 Å². The van der Waals surface area contributed by atoms with Gasteiger partial charge in [0.05, 0.1) is 39.0 Å². The van der Waals surface area contributed by atoms with Crippen LogP contribution < -0.4 is 0 Å². The van der Waals surface area contributed by atoms with Gasteiger partial charge in [0.2, 0.25) is 0 Å². The molecule has 0 amide bonds. The number of furan rings is 3. The summed E-state index contributed by atoms with van der Waals surface area (Å²) in [5, 5.41) is 6.32. The highest BCUT2D eigenvalue weighted by Gasteiger charge is 2.56. The molecule has 0 saturated heterocycles. The summed E-state index contributed by atoms with van der Waals surface area (Å²) in [6.45, 7) is 0. The Balaban J connectivity index is 0.000000101. The minimum atomic E-state index is -0.432. The molecule has 6 aliphatic carbocycles. The molecule has 6 heterocycles. The number of hydrogen-bond acceptors (Lipinski definition) is 10. The summed E-state index contributed by atoms with van der Waals surface area (Å²) in [5.74, 6) is 3.26. The van der Waals surface area contributed by atoms with E-state index in [0.29, 0.717) is 29.1 Å². The summed E-state index contributed by atoms with van der Waals surface area (Å²) >= 11 is 0. The topological polar surface area (TPSA) is 130 Å². The third kappa shape index (κ3) is 12.3. The Kier molecular flexibility index (Phi) is 18.7. The maximum absolute atomic E-state index is 6.97. The maximum Gasteiger partial charge on any atom is 0.164 e. The van der Waals surface area contributed by atoms with E-state index in [1.807, 2.05) is 115 Å². The average molecular weight is 1910 g/mol. The molecular formula is C140H83N7O3. The molecule has 3 spiro atoms. The van der Waals surface area contributed by atoms with E-state index in [-0.39, 0.29) is 0 Å². The standard InChI is InChI=1S/2C47H28N2O.C46H27N3O/c1-3-14-29(15-4-1)40-28-41(30-16-5-2-6-17-30)49-46(48-40)35-21-13-25-42-43(35)34-26-27-39-44(45(34)50-42)33-20-9-12-24-38(33)47(39)36-22-10-7-18-31(36)32-19-8-11-23-37(32)47;1-3-13-29(14-4-1)41-28-42(49-46(48-41)30-15-5-2-6-16-30)31-23-26-43-36(27-31)34-24-25-40-44(45(34)50-43)35-19-9-12-22-39(35)47(40)37-20-10-7-17-32(37)33-18-8-11-21-38(33)47;1-3-14-28(15-4-1)43-47-44(29-16-5-2-6-17-29)49-45(48-43)34-21-13-25-39-40(34)33-26-27-38-41(42(33)50-39)32-20-9-12-24-37(32)46(38)35-22-10-7-18-30(35)31-19-8-11-23-36(31)46/h2*1-28H;1-27H. The van der Waals surface area contributed by atoms with Crippen molar-refractivity contribution >= 4 is 65.8 Å². The highest BCUT2D eigenvalue weighted by molar-refractivity contribution is 6.20. The predicted octanol–water partition coefficient (Wildman–Crippen LogP) is 34.6. The van der Waals surface area contributed by atoms with Crippen molar-refractivity contribution < 1.29 is 13.3 Å². The Labute approximate surface area is 863 Å². The lowest BCUT2D eigenvalue weighted by atomic mass is 9.70. The fourth-order valence-corrected chi connectivity index (χ4v) is 25.9. The van der Waals surface area contributed by atoms with E-state index in [1.165, 1.54) is 122 Å². The van der Waals surface area contributed by atoms with Crippen LogP contribution in [0.2, 0.25) is 0 Å². The van der Waals surface area contributed by atoms with Crippen molar-refractivity contribution in [3.63, 3.8) is 0 Å². The lowest BCUT2D eigenvalue weighted by molar-refractivity contribution is 0.668. The Bertz CT molecular complexity index is 9610. The summed E-state index contributed by atoms with van der Waals surface area (Å²) in [5.41, 5.74) is 46.9. The number of hydrogen-bond donors (Lipinski definition) is 0. The minimum absolute atomic E-state index is 0.403. The Morgan fingerprint density at radius 1 is 0.140 bits per heavy atom. The van der Waals surface area contributed by atoms with E-state index in [9.17, 15) is 0 Å². The predicted molar refractivity (Wildman–Crippen MR) is 604 cm³/mol. The van der Waals surface area contributed by atoms with Crippen molar-refractivity contribution in [1.29, 1.82) is 0 Å². The van der Waals surface area contributed by atoms with Crippen LogP contribution in [0.5, 0.6) is 0 Å². The normalized spacial score (nSPS) is 13.4. The quantitative estimate of drug-likeness (QED) is 0.138. The fraction of sp³-hybridized carbons (Fsp3) is 0.0214. The Hall–Kier alpha value is -19.8. The van der Waals surface area contributed by atoms with Gasteiger partial charge in [-0.25, -0.2) is 34.9 Å². The largest absolute Gasteiger partial charge is 0.455 e. The molecule has 6 aliphatic rings. The van der Waals surface area contributed by atoms with Gasteiger partial charge in [-0.2, -0.15) is 0 Å². The monoisotopic (exact) mass is 1910 g/mol. The first-order valence-corrected chi connectivity index (χ1v) is 51.1. The van der Waals surface area contributed by atoms with E-state index < -0.39 is 16.2 Å². The summed E-state index contributed by atoms with van der Waals surface area (Å²) in [6, 6.07) is 178. The van der Waals surface area contributed by atoms with Gasteiger partial charge in [0.25, 0.3) is 0 Å². The molecule has 0 saturated carbocycles. The Morgan fingerprint density at radius 2 is 0.380 bits per heavy atom. The molecule has 0 N–H and O–H groups in total. The second kappa shape index (κ2) is 33.1. The van der Waals surface area contributed by atoms with Gasteiger partial charge in [-0.15, -0.1) is 0 Å². The molecule has 10 nitrogen and oxygen atoms in total. The van der Waals surface area contributed by atoms with Crippen LogP contribution >= 0.6 is 0 Å². The third-order valence-corrected chi connectivity index (χ3v) is 32.0. The van der Waals surface area contributed by atoms with E-state index in [2.05, 4.69) is 388 Å². The first-order valence-electron chi connectivity index (χ1n) is 51.1. The Morgan fingerprint density at radius 3 is 0.713 bits per heavy atom. The molecule has 21 aromatic carbocycles. The zero-order valence-electron chi connectivity index (χ0n) is 80.8. The number of rotatable bonds is 9. The molecule has 0 bridgehead atoms. The average Bonchev–Trinajstić information content (AvgIpc) is 1.51. The first-order chi connectivity index (χ1) is 74.4. The van der Waals surface area contributed by atoms with Crippen molar-refractivity contribution in [2.24, 2.45) is 0 Å². The van der Waals surface area contributed by atoms with Crippen molar-refractivity contribution in [3.05, 3.63) is 570 Å². The van der Waals surface area contributed by atoms with Crippen LogP contribution in [-0.2, 0) is 16.2 Å². The molecule has 0 aliphatic heterocycles. The number of benzene rings is 21. The van der Waals surface area contributed by atoms with Gasteiger partial charge in [0.15, 0.2) is 29.1 Å². The van der Waals surface area contributed by atoms with E-state index in [1.54, 1.807) is 0 Å². The van der Waals surface area contributed by atoms with Gasteiger partial charge >= 0.3 is 0 Å². The van der Waals surface area contributed by atoms with Crippen molar-refractivity contribution in [2.75, 3.05) is 0 Å². The highest BCUT2D eigenvalue weighted by atomic mass is 16.3. The lowest BCUT2D eigenvalue weighted by Crippen LogP contribution is -2.25. The van der Waals surface area contributed by atoms with E-state index >= 15 is 0 Å². The molecule has 0 radical (unpaired) electrons. The number of fused-ring (bicyclic) bond motifs is 42. The minimum Gasteiger partial charge on any atom is -0.455 e. The van der Waals surface area contributed by atoms with Gasteiger partial charge in [-0.05, 0) is 159 Å². The molecule has 27 aromatic rings. The van der Waals surface area contributed by atoms with Crippen molar-refractivity contribution in [1.82, 2.24) is 34.9 Å². The zero-order chi connectivity index (χ0) is 98.4. The van der Waals surface area contributed by atoms with Crippen molar-refractivity contribution in [3.8, 4) is 169 Å². The maximum atomic E-state index is 6.97. The van der Waals surface area contributed by atoms with Crippen LogP contribution in [0.15, 0.2) is 517 Å². The zero-order valence-corrected chi connectivity index (χ0v) is 80.8.